The number of nitrogens with one attached hydrogen (secondary N) is 1. The Morgan fingerprint density at radius 1 is 1.25 bits per heavy atom. The molecular weight excluding hydrogens is 254 g/mol. The minimum atomic E-state index is -0.377. The lowest BCUT2D eigenvalue weighted by molar-refractivity contribution is 0.127. The lowest BCUT2D eigenvalue weighted by atomic mass is 9.83. The SMILES string of the molecule is O=C(NCC1(CCO)CCCC1)OCc1ccccc1. The number of ether oxygens (including phenoxy) is 1. The molecule has 0 radical (unpaired) electrons. The largest absolute Gasteiger partial charge is 0.445 e. The van der Waals surface area contributed by atoms with Gasteiger partial charge in [0, 0.05) is 13.2 Å². The van der Waals surface area contributed by atoms with E-state index >= 15 is 0 Å². The van der Waals surface area contributed by atoms with Gasteiger partial charge in [0.05, 0.1) is 0 Å². The summed E-state index contributed by atoms with van der Waals surface area (Å²) >= 11 is 0. The topological polar surface area (TPSA) is 58.6 Å². The molecule has 4 heteroatoms. The highest BCUT2D eigenvalue weighted by atomic mass is 16.5. The van der Waals surface area contributed by atoms with Crippen LogP contribution in [0.4, 0.5) is 4.79 Å². The van der Waals surface area contributed by atoms with Crippen molar-refractivity contribution < 1.29 is 14.6 Å². The van der Waals surface area contributed by atoms with E-state index in [2.05, 4.69) is 5.32 Å². The first-order valence-electron chi connectivity index (χ1n) is 7.30. The van der Waals surface area contributed by atoms with Crippen molar-refractivity contribution in [3.05, 3.63) is 35.9 Å². The molecule has 2 N–H and O–H groups in total. The molecule has 1 saturated carbocycles. The number of carbonyl (C=O) groups excluding carboxylic acids is 1. The molecule has 1 aromatic rings. The van der Waals surface area contributed by atoms with E-state index in [0.29, 0.717) is 13.2 Å². The van der Waals surface area contributed by atoms with E-state index in [0.717, 1.165) is 24.8 Å². The fourth-order valence-electron chi connectivity index (χ4n) is 2.91. The Kier molecular flexibility index (Phi) is 5.41. The van der Waals surface area contributed by atoms with Gasteiger partial charge in [-0.25, -0.2) is 4.79 Å². The summed E-state index contributed by atoms with van der Waals surface area (Å²) in [6, 6.07) is 9.63. The average Bonchev–Trinajstić information content (AvgIpc) is 2.93. The summed E-state index contributed by atoms with van der Waals surface area (Å²) in [7, 11) is 0. The Hall–Kier alpha value is -1.55. The van der Waals surface area contributed by atoms with Crippen molar-refractivity contribution in [3.63, 3.8) is 0 Å². The Morgan fingerprint density at radius 3 is 2.60 bits per heavy atom. The van der Waals surface area contributed by atoms with Crippen molar-refractivity contribution in [2.75, 3.05) is 13.2 Å². The van der Waals surface area contributed by atoms with Crippen molar-refractivity contribution >= 4 is 6.09 Å². The van der Waals surface area contributed by atoms with Crippen molar-refractivity contribution in [1.82, 2.24) is 5.32 Å². The zero-order valence-corrected chi connectivity index (χ0v) is 11.8. The minimum absolute atomic E-state index is 0.0700. The number of aliphatic hydroxyl groups excluding tert-OH is 1. The standard InChI is InChI=1S/C16H23NO3/c18-11-10-16(8-4-5-9-16)13-17-15(19)20-12-14-6-2-1-3-7-14/h1-3,6-7,18H,4-5,8-13H2,(H,17,19). The predicted molar refractivity (Wildman–Crippen MR) is 77.2 cm³/mol. The molecule has 0 aliphatic heterocycles. The molecule has 1 fully saturated rings. The second kappa shape index (κ2) is 7.29. The molecule has 1 aliphatic carbocycles. The van der Waals surface area contributed by atoms with E-state index < -0.39 is 0 Å². The Labute approximate surface area is 120 Å². The minimum Gasteiger partial charge on any atom is -0.445 e. The normalized spacial score (nSPS) is 16.9. The monoisotopic (exact) mass is 277 g/mol. The first-order valence-corrected chi connectivity index (χ1v) is 7.30. The Bertz CT molecular complexity index is 413. The number of hydrogen-bond acceptors (Lipinski definition) is 3. The molecule has 0 bridgehead atoms. The van der Waals surface area contributed by atoms with Gasteiger partial charge in [0.15, 0.2) is 0 Å². The van der Waals surface area contributed by atoms with Crippen LogP contribution in [0, 0.1) is 5.41 Å². The molecule has 20 heavy (non-hydrogen) atoms. The van der Waals surface area contributed by atoms with Crippen molar-refractivity contribution in [2.24, 2.45) is 5.41 Å². The van der Waals surface area contributed by atoms with Gasteiger partial charge in [0.25, 0.3) is 0 Å². The maximum atomic E-state index is 11.7. The maximum Gasteiger partial charge on any atom is 0.407 e. The van der Waals surface area contributed by atoms with Gasteiger partial charge in [-0.3, -0.25) is 0 Å². The highest BCUT2D eigenvalue weighted by Gasteiger charge is 2.33. The summed E-state index contributed by atoms with van der Waals surface area (Å²) in [4.78, 5) is 11.7. The number of carbonyl (C=O) groups is 1. The predicted octanol–water partition coefficient (Wildman–Crippen LogP) is 2.86. The van der Waals surface area contributed by atoms with Crippen molar-refractivity contribution in [1.29, 1.82) is 0 Å². The lowest BCUT2D eigenvalue weighted by Crippen LogP contribution is -2.36. The third-order valence-corrected chi connectivity index (χ3v) is 4.13. The summed E-state index contributed by atoms with van der Waals surface area (Å²) in [5.74, 6) is 0. The highest BCUT2D eigenvalue weighted by molar-refractivity contribution is 5.67. The molecule has 1 amide bonds. The molecule has 110 valence electrons. The van der Waals surface area contributed by atoms with E-state index in [1.54, 1.807) is 0 Å². The molecule has 0 atom stereocenters. The van der Waals surface area contributed by atoms with E-state index in [-0.39, 0.29) is 18.1 Å². The molecule has 1 aromatic carbocycles. The van der Waals surface area contributed by atoms with Crippen LogP contribution in [0.25, 0.3) is 0 Å². The summed E-state index contributed by atoms with van der Waals surface area (Å²) in [6.45, 7) is 1.07. The second-order valence-electron chi connectivity index (χ2n) is 5.60. The molecule has 0 spiro atoms. The summed E-state index contributed by atoms with van der Waals surface area (Å²) < 4.78 is 5.20. The quantitative estimate of drug-likeness (QED) is 0.840. The van der Waals surface area contributed by atoms with Gasteiger partial charge in [-0.1, -0.05) is 43.2 Å². The molecule has 0 heterocycles. The molecular formula is C16H23NO3. The fraction of sp³-hybridized carbons (Fsp3) is 0.562. The van der Waals surface area contributed by atoms with Crippen molar-refractivity contribution in [2.45, 2.75) is 38.7 Å². The number of rotatable bonds is 6. The Morgan fingerprint density at radius 2 is 1.95 bits per heavy atom. The van der Waals surface area contributed by atoms with E-state index in [9.17, 15) is 4.79 Å². The van der Waals surface area contributed by atoms with Gasteiger partial charge in [-0.05, 0) is 30.2 Å². The molecule has 2 rings (SSSR count). The number of alkyl carbamates (subject to hydrolysis) is 1. The van der Waals surface area contributed by atoms with Gasteiger partial charge in [0.1, 0.15) is 6.61 Å². The zero-order chi connectivity index (χ0) is 14.3. The first-order chi connectivity index (χ1) is 9.74. The highest BCUT2D eigenvalue weighted by Crippen LogP contribution is 2.40. The third kappa shape index (κ3) is 4.23. The van der Waals surface area contributed by atoms with Gasteiger partial charge < -0.3 is 15.2 Å². The van der Waals surface area contributed by atoms with Crippen LogP contribution in [0.1, 0.15) is 37.7 Å². The van der Waals surface area contributed by atoms with Crippen LogP contribution < -0.4 is 5.32 Å². The molecule has 4 nitrogen and oxygen atoms in total. The van der Waals surface area contributed by atoms with Crippen LogP contribution in [0.5, 0.6) is 0 Å². The van der Waals surface area contributed by atoms with Crippen molar-refractivity contribution in [3.8, 4) is 0 Å². The van der Waals surface area contributed by atoms with Gasteiger partial charge >= 0.3 is 6.09 Å². The third-order valence-electron chi connectivity index (χ3n) is 4.13. The fourth-order valence-corrected chi connectivity index (χ4v) is 2.91. The maximum absolute atomic E-state index is 11.7. The van der Waals surface area contributed by atoms with Crippen LogP contribution in [-0.4, -0.2) is 24.4 Å². The zero-order valence-electron chi connectivity index (χ0n) is 11.8. The van der Waals surface area contributed by atoms with Crippen LogP contribution >= 0.6 is 0 Å². The lowest BCUT2D eigenvalue weighted by Gasteiger charge is -2.28. The summed E-state index contributed by atoms with van der Waals surface area (Å²) in [5, 5.41) is 12.0. The van der Waals surface area contributed by atoms with Crippen LogP contribution in [0.2, 0.25) is 0 Å². The smallest absolute Gasteiger partial charge is 0.407 e. The Balaban J connectivity index is 1.74. The van der Waals surface area contributed by atoms with Crippen LogP contribution in [0.15, 0.2) is 30.3 Å². The molecule has 0 unspecified atom stereocenters. The number of aliphatic hydroxyl groups is 1. The summed E-state index contributed by atoms with van der Waals surface area (Å²) in [6.07, 6.45) is 4.89. The number of benzene rings is 1. The van der Waals surface area contributed by atoms with Crippen LogP contribution in [-0.2, 0) is 11.3 Å². The molecule has 1 aliphatic rings. The van der Waals surface area contributed by atoms with Crippen LogP contribution in [0.3, 0.4) is 0 Å². The number of hydrogen-bond donors (Lipinski definition) is 2. The van der Waals surface area contributed by atoms with E-state index in [1.807, 2.05) is 30.3 Å². The van der Waals surface area contributed by atoms with Gasteiger partial charge in [0.2, 0.25) is 0 Å². The van der Waals surface area contributed by atoms with E-state index in [1.165, 1.54) is 12.8 Å². The van der Waals surface area contributed by atoms with Gasteiger partial charge in [-0.2, -0.15) is 0 Å². The first kappa shape index (κ1) is 14.9. The van der Waals surface area contributed by atoms with Gasteiger partial charge in [-0.15, -0.1) is 0 Å². The number of amides is 1. The van der Waals surface area contributed by atoms with E-state index in [4.69, 9.17) is 9.84 Å². The average molecular weight is 277 g/mol. The molecule has 0 saturated heterocycles. The second-order valence-corrected chi connectivity index (χ2v) is 5.60. The summed E-state index contributed by atoms with van der Waals surface area (Å²) in [5.41, 5.74) is 1.05. The molecule has 0 aromatic heterocycles.